The Balaban J connectivity index is 1.60. The Morgan fingerprint density at radius 1 is 0.885 bits per heavy atom. The van der Waals surface area contributed by atoms with Crippen LogP contribution in [0, 0.1) is 11.8 Å². The molecule has 20 heteroatoms. The van der Waals surface area contributed by atoms with E-state index in [-0.39, 0.29) is 12.8 Å². The van der Waals surface area contributed by atoms with Crippen LogP contribution < -0.4 is 5.32 Å². The number of ether oxygens (including phenoxy) is 7. The topological polar surface area (TPSA) is 313 Å². The van der Waals surface area contributed by atoms with Crippen molar-refractivity contribution < 1.29 is 93.8 Å². The van der Waals surface area contributed by atoms with Crippen LogP contribution in [0.2, 0.25) is 0 Å². The predicted octanol–water partition coefficient (Wildman–Crippen LogP) is -5.29. The minimum absolute atomic E-state index is 0.0556. The average Bonchev–Trinajstić information content (AvgIpc) is 3.10. The summed E-state index contributed by atoms with van der Waals surface area (Å²) in [5, 5.41) is 108. The summed E-state index contributed by atoms with van der Waals surface area (Å²) >= 11 is 0. The summed E-state index contributed by atoms with van der Waals surface area (Å²) in [6, 6.07) is -1.27. The van der Waals surface area contributed by atoms with Crippen LogP contribution in [0.15, 0.2) is 0 Å². The molecule has 0 aromatic carbocycles. The molecule has 3 aliphatic heterocycles. The molecule has 1 saturated carbocycles. The lowest BCUT2D eigenvalue weighted by atomic mass is 9.78. The third-order valence-electron chi connectivity index (χ3n) is 10.3. The lowest BCUT2D eigenvalue weighted by Crippen LogP contribution is -2.68. The van der Waals surface area contributed by atoms with Crippen molar-refractivity contribution in [2.75, 3.05) is 20.3 Å². The smallest absolute Gasteiger partial charge is 0.308 e. The fraction of sp³-hybridized carbons (Fsp3) is 0.938. The largest absolute Gasteiger partial charge is 0.469 e. The molecule has 52 heavy (non-hydrogen) atoms. The number of rotatable bonds is 12. The number of nitrogens with one attached hydrogen (secondary N) is 1. The van der Waals surface area contributed by atoms with Crippen molar-refractivity contribution in [1.29, 1.82) is 0 Å². The van der Waals surface area contributed by atoms with E-state index < -0.39 is 153 Å². The zero-order valence-corrected chi connectivity index (χ0v) is 29.7. The lowest BCUT2D eigenvalue weighted by molar-refractivity contribution is -0.382. The molecule has 4 fully saturated rings. The molecular weight excluding hydrogens is 702 g/mol. The Kier molecular flexibility index (Phi) is 14.8. The second kappa shape index (κ2) is 17.8. The van der Waals surface area contributed by atoms with Gasteiger partial charge >= 0.3 is 5.97 Å². The van der Waals surface area contributed by atoms with E-state index in [1.807, 2.05) is 0 Å². The first-order valence-electron chi connectivity index (χ1n) is 17.3. The van der Waals surface area contributed by atoms with Crippen molar-refractivity contribution in [3.63, 3.8) is 0 Å². The third-order valence-corrected chi connectivity index (χ3v) is 10.3. The van der Waals surface area contributed by atoms with Crippen LogP contribution in [0.3, 0.4) is 0 Å². The molecule has 4 aliphatic rings. The summed E-state index contributed by atoms with van der Waals surface area (Å²) in [5.74, 6) is -4.31. The highest BCUT2D eigenvalue weighted by Crippen LogP contribution is 2.40. The number of hydrogen-bond acceptors (Lipinski definition) is 19. The first kappa shape index (κ1) is 43.0. The SMILES string of the molecule is COC(=O)C1CC(C)C(OC2OC(C)C(O)C(O)C2O)C(OC2OC(CO)C(O)C(OC3(C)CC(O)C(NC(C)=O)C([C@H](O)[C@H](O)CO)O3)C2O)C1. The van der Waals surface area contributed by atoms with E-state index >= 15 is 0 Å². The van der Waals surface area contributed by atoms with Crippen molar-refractivity contribution in [2.45, 2.75) is 157 Å². The van der Waals surface area contributed by atoms with Crippen molar-refractivity contribution in [2.24, 2.45) is 11.8 Å². The predicted molar refractivity (Wildman–Crippen MR) is 169 cm³/mol. The van der Waals surface area contributed by atoms with Gasteiger partial charge in [0.25, 0.3) is 0 Å². The maximum absolute atomic E-state index is 12.7. The molecule has 18 unspecified atom stereocenters. The number of aliphatic hydroxyl groups is 10. The third kappa shape index (κ3) is 9.39. The highest BCUT2D eigenvalue weighted by molar-refractivity contribution is 5.73. The lowest BCUT2D eigenvalue weighted by Gasteiger charge is -2.51. The van der Waals surface area contributed by atoms with Gasteiger partial charge < -0.3 is 89.5 Å². The van der Waals surface area contributed by atoms with Crippen LogP contribution >= 0.6 is 0 Å². The maximum atomic E-state index is 12.7. The van der Waals surface area contributed by atoms with Gasteiger partial charge in [-0.1, -0.05) is 6.92 Å². The van der Waals surface area contributed by atoms with Gasteiger partial charge in [-0.3, -0.25) is 9.59 Å². The fourth-order valence-electron chi connectivity index (χ4n) is 7.45. The van der Waals surface area contributed by atoms with Crippen LogP contribution in [0.4, 0.5) is 0 Å². The number of aliphatic hydroxyl groups excluding tert-OH is 10. The Morgan fingerprint density at radius 2 is 1.54 bits per heavy atom. The van der Waals surface area contributed by atoms with Gasteiger partial charge in [-0.15, -0.1) is 0 Å². The van der Waals surface area contributed by atoms with Gasteiger partial charge in [-0.05, 0) is 32.6 Å². The highest BCUT2D eigenvalue weighted by Gasteiger charge is 2.55. The van der Waals surface area contributed by atoms with Crippen molar-refractivity contribution >= 4 is 11.9 Å². The molecule has 0 aromatic heterocycles. The van der Waals surface area contributed by atoms with Crippen LogP contribution in [-0.4, -0.2) is 193 Å². The summed E-state index contributed by atoms with van der Waals surface area (Å²) in [7, 11) is 1.21. The van der Waals surface area contributed by atoms with E-state index in [9.17, 15) is 60.7 Å². The number of carbonyl (C=O) groups is 2. The summed E-state index contributed by atoms with van der Waals surface area (Å²) in [6.07, 6.45) is -24.4. The number of carbonyl (C=O) groups excluding carboxylic acids is 2. The van der Waals surface area contributed by atoms with E-state index in [1.54, 1.807) is 6.92 Å². The number of esters is 1. The van der Waals surface area contributed by atoms with Crippen LogP contribution in [0.25, 0.3) is 0 Å². The van der Waals surface area contributed by atoms with E-state index in [0.717, 1.165) is 6.92 Å². The van der Waals surface area contributed by atoms with Gasteiger partial charge in [-0.25, -0.2) is 0 Å². The zero-order valence-electron chi connectivity index (χ0n) is 29.7. The monoisotopic (exact) mass is 757 g/mol. The normalized spacial score (nSPS) is 46.9. The molecule has 0 spiro atoms. The van der Waals surface area contributed by atoms with Gasteiger partial charge in [0.05, 0.1) is 56.7 Å². The average molecular weight is 758 g/mol. The molecule has 3 heterocycles. The summed E-state index contributed by atoms with van der Waals surface area (Å²) in [4.78, 5) is 24.6. The molecule has 3 saturated heterocycles. The van der Waals surface area contributed by atoms with Gasteiger partial charge in [0.2, 0.25) is 5.91 Å². The molecule has 1 aliphatic carbocycles. The molecule has 0 bridgehead atoms. The van der Waals surface area contributed by atoms with E-state index in [2.05, 4.69) is 5.32 Å². The van der Waals surface area contributed by atoms with E-state index in [0.29, 0.717) is 0 Å². The second-order valence-corrected chi connectivity index (χ2v) is 14.4. The van der Waals surface area contributed by atoms with Crippen molar-refractivity contribution in [3.8, 4) is 0 Å². The van der Waals surface area contributed by atoms with Crippen LogP contribution in [0.1, 0.15) is 47.0 Å². The van der Waals surface area contributed by atoms with Crippen molar-refractivity contribution in [1.82, 2.24) is 5.32 Å². The first-order valence-corrected chi connectivity index (χ1v) is 17.3. The molecule has 4 rings (SSSR count). The zero-order chi connectivity index (χ0) is 38.8. The van der Waals surface area contributed by atoms with Gasteiger partial charge in [0.15, 0.2) is 18.4 Å². The fourth-order valence-corrected chi connectivity index (χ4v) is 7.45. The minimum Gasteiger partial charge on any atom is -0.469 e. The molecule has 0 aromatic rings. The maximum Gasteiger partial charge on any atom is 0.308 e. The molecule has 0 radical (unpaired) electrons. The van der Waals surface area contributed by atoms with E-state index in [1.165, 1.54) is 21.0 Å². The van der Waals surface area contributed by atoms with Crippen molar-refractivity contribution in [3.05, 3.63) is 0 Å². The van der Waals surface area contributed by atoms with Gasteiger partial charge in [-0.2, -0.15) is 0 Å². The molecule has 20 atom stereocenters. The van der Waals surface area contributed by atoms with Gasteiger partial charge in [0.1, 0.15) is 61.0 Å². The highest BCUT2D eigenvalue weighted by atomic mass is 16.8. The molecular formula is C32H55NO19. The van der Waals surface area contributed by atoms with Crippen LogP contribution in [-0.2, 0) is 42.7 Å². The second-order valence-electron chi connectivity index (χ2n) is 14.4. The molecule has 11 N–H and O–H groups in total. The number of methoxy groups -OCH3 is 1. The summed E-state index contributed by atoms with van der Waals surface area (Å²) in [6.45, 7) is 3.96. The minimum atomic E-state index is -1.94. The first-order chi connectivity index (χ1) is 24.4. The van der Waals surface area contributed by atoms with E-state index in [4.69, 9.17) is 33.2 Å². The Hall–Kier alpha value is -1.70. The standard InChI is InChI=1S/C32H55NO19/c1-11-6-14(29(45)46-5)7-17(26(11)50-30-24(43)23(42)20(39)12(2)47-30)48-31-25(44)28(22(41)18(10-35)49-31)52-32(4)8-15(37)19(33-13(3)36)27(51-32)21(40)16(38)9-34/h11-12,14-28,30-31,34-35,37-44H,6-10H2,1-5H3,(H,33,36)/t11?,12?,14?,15?,16-,17?,18?,19?,20?,21-,22?,23?,24?,25?,26?,27?,28?,30?,31?,32?/m1/s1. The summed E-state index contributed by atoms with van der Waals surface area (Å²) in [5.41, 5.74) is 0. The quantitative estimate of drug-likeness (QED) is 0.0829. The molecule has 1 amide bonds. The Morgan fingerprint density at radius 3 is 2.13 bits per heavy atom. The van der Waals surface area contributed by atoms with Crippen LogP contribution in [0.5, 0.6) is 0 Å². The number of amides is 1. The molecule has 20 nitrogen and oxygen atoms in total. The molecule has 302 valence electrons. The summed E-state index contributed by atoms with van der Waals surface area (Å²) < 4.78 is 40.7. The Labute approximate surface area is 300 Å². The Bertz CT molecular complexity index is 1180. The van der Waals surface area contributed by atoms with Gasteiger partial charge in [0, 0.05) is 13.3 Å². The number of hydrogen-bond donors (Lipinski definition) is 11.